The molecule has 0 N–H and O–H groups in total. The zero-order chi connectivity index (χ0) is 6.41. The highest BCUT2D eigenvalue weighted by molar-refractivity contribution is 3.93. The lowest BCUT2D eigenvalue weighted by Gasteiger charge is -1.84. The third kappa shape index (κ3) is 3.39. The number of nitrogens with zero attached hydrogens (tertiary/aromatic N) is 1. The molecule has 48 valence electrons. The van der Waals surface area contributed by atoms with Gasteiger partial charge in [0.05, 0.1) is 0 Å². The first kappa shape index (κ1) is 7.20. The van der Waals surface area contributed by atoms with Crippen LogP contribution in [-0.2, 0) is 9.68 Å². The summed E-state index contributed by atoms with van der Waals surface area (Å²) in [5.74, 6) is 0. The molecule has 0 aromatic carbocycles. The summed E-state index contributed by atoms with van der Waals surface area (Å²) in [6.07, 6.45) is 0. The highest BCUT2D eigenvalue weighted by Gasteiger charge is 2.05. The molecule has 0 rings (SSSR count). The van der Waals surface area contributed by atoms with Crippen molar-refractivity contribution >= 4 is 0 Å². The molecule has 0 aliphatic rings. The minimum Gasteiger partial charge on any atom is -0.187 e. The molecule has 0 amide bonds. The second-order valence-electron chi connectivity index (χ2n) is 1.06. The van der Waals surface area contributed by atoms with Crippen molar-refractivity contribution < 1.29 is 14.8 Å². The summed E-state index contributed by atoms with van der Waals surface area (Å²) in [5.41, 5.74) is 0. The van der Waals surface area contributed by atoms with E-state index >= 15 is 0 Å². The summed E-state index contributed by atoms with van der Waals surface area (Å²) in [7, 11) is 0. The molecule has 8 heavy (non-hydrogen) atoms. The van der Waals surface area contributed by atoms with Crippen molar-refractivity contribution in [2.75, 3.05) is 13.2 Å². The van der Waals surface area contributed by atoms with Gasteiger partial charge in [-0.25, -0.2) is 0 Å². The van der Waals surface area contributed by atoms with Crippen LogP contribution < -0.4 is 0 Å². The molecule has 0 aliphatic heterocycles. The van der Waals surface area contributed by atoms with Gasteiger partial charge in [0.25, 0.3) is 0 Å². The van der Waals surface area contributed by atoms with E-state index in [2.05, 4.69) is 9.68 Å². The van der Waals surface area contributed by atoms with Crippen LogP contribution in [0.4, 0.5) is 0 Å². The van der Waals surface area contributed by atoms with Gasteiger partial charge in [-0.15, -0.1) is 0 Å². The quantitative estimate of drug-likeness (QED) is 0.512. The van der Waals surface area contributed by atoms with E-state index in [0.717, 1.165) is 0 Å². The second kappa shape index (κ2) is 4.36. The van der Waals surface area contributed by atoms with Gasteiger partial charge in [-0.05, 0) is 13.8 Å². The van der Waals surface area contributed by atoms with Gasteiger partial charge in [0.2, 0.25) is 0 Å². The van der Waals surface area contributed by atoms with E-state index in [1.54, 1.807) is 13.8 Å². The van der Waals surface area contributed by atoms with Crippen LogP contribution in [0.3, 0.4) is 0 Å². The van der Waals surface area contributed by atoms with Crippen molar-refractivity contribution in [3.63, 3.8) is 0 Å². The van der Waals surface area contributed by atoms with Crippen molar-refractivity contribution in [1.29, 1.82) is 0 Å². The minimum atomic E-state index is 0.111. The normalized spacial score (nSPS) is 8.25. The second-order valence-corrected chi connectivity index (χ2v) is 1.06. The Hall–Kier alpha value is -0.800. The van der Waals surface area contributed by atoms with Gasteiger partial charge in [0, 0.05) is 0 Å². The van der Waals surface area contributed by atoms with Crippen molar-refractivity contribution in [3.05, 3.63) is 4.91 Å². The van der Waals surface area contributed by atoms with E-state index in [1.807, 2.05) is 0 Å². The Morgan fingerprint density at radius 3 is 1.88 bits per heavy atom. The van der Waals surface area contributed by atoms with Crippen LogP contribution in [0.25, 0.3) is 0 Å². The maximum atomic E-state index is 10.1. The highest BCUT2D eigenvalue weighted by atomic mass is 17.0. The smallest absolute Gasteiger partial charge is 0.187 e. The van der Waals surface area contributed by atoms with Crippen LogP contribution in [-0.4, -0.2) is 18.3 Å². The molecule has 0 saturated carbocycles. The summed E-state index contributed by atoms with van der Waals surface area (Å²) in [6, 6.07) is 0. The SMILES string of the molecule is CCO[N+](=O)OCC. The Bertz CT molecular complexity index is 65.7. The summed E-state index contributed by atoms with van der Waals surface area (Å²) >= 11 is 0. The predicted octanol–water partition coefficient (Wildman–Crippen LogP) is 0.668. The summed E-state index contributed by atoms with van der Waals surface area (Å²) < 4.78 is 0. The molecule has 0 aromatic rings. The third-order valence-corrected chi connectivity index (χ3v) is 0.469. The van der Waals surface area contributed by atoms with Gasteiger partial charge < -0.3 is 0 Å². The minimum absolute atomic E-state index is 0.111. The fraction of sp³-hybridized carbons (Fsp3) is 1.00. The third-order valence-electron chi connectivity index (χ3n) is 0.469. The largest absolute Gasteiger partial charge is 0.477 e. The lowest BCUT2D eigenvalue weighted by Crippen LogP contribution is -2.09. The average Bonchev–Trinajstić information content (AvgIpc) is 1.68. The van der Waals surface area contributed by atoms with Crippen LogP contribution in [0, 0.1) is 4.91 Å². The zero-order valence-electron chi connectivity index (χ0n) is 5.09. The fourth-order valence-corrected chi connectivity index (χ4v) is 0.248. The molecule has 0 spiro atoms. The standard InChI is InChI=1S/C4H10NO3/c1-3-7-5(6)8-4-2/h3-4H2,1-2H3/q+1. The first-order chi connectivity index (χ1) is 3.81. The molecule has 0 fully saturated rings. The van der Waals surface area contributed by atoms with Crippen molar-refractivity contribution in [2.45, 2.75) is 13.8 Å². The van der Waals surface area contributed by atoms with Crippen molar-refractivity contribution in [3.8, 4) is 0 Å². The van der Waals surface area contributed by atoms with Gasteiger partial charge in [-0.1, -0.05) is 0 Å². The first-order valence-electron chi connectivity index (χ1n) is 2.54. The molecule has 0 aliphatic carbocycles. The maximum Gasteiger partial charge on any atom is 0.477 e. The molecule has 0 bridgehead atoms. The van der Waals surface area contributed by atoms with E-state index in [1.165, 1.54) is 0 Å². The Kier molecular flexibility index (Phi) is 3.93. The topological polar surface area (TPSA) is 38.5 Å². The van der Waals surface area contributed by atoms with Crippen LogP contribution in [0.5, 0.6) is 0 Å². The monoisotopic (exact) mass is 120 g/mol. The van der Waals surface area contributed by atoms with E-state index in [9.17, 15) is 4.91 Å². The molecule has 4 heteroatoms. The molecular formula is C4H10NO3+. The predicted molar refractivity (Wildman–Crippen MR) is 26.9 cm³/mol. The number of hydrogen-bond donors (Lipinski definition) is 0. The van der Waals surface area contributed by atoms with E-state index in [-0.39, 0.29) is 5.09 Å². The van der Waals surface area contributed by atoms with Crippen LogP contribution in [0.2, 0.25) is 0 Å². The van der Waals surface area contributed by atoms with Gasteiger partial charge >= 0.3 is 5.09 Å². The van der Waals surface area contributed by atoms with E-state index in [0.29, 0.717) is 13.2 Å². The lowest BCUT2D eigenvalue weighted by atomic mass is 10.9. The summed E-state index contributed by atoms with van der Waals surface area (Å²) in [4.78, 5) is 18.8. The zero-order valence-corrected chi connectivity index (χ0v) is 5.09. The van der Waals surface area contributed by atoms with Gasteiger partial charge in [0.1, 0.15) is 4.91 Å². The molecule has 0 aromatic heterocycles. The first-order valence-corrected chi connectivity index (χ1v) is 2.54. The Balaban J connectivity index is 3.06. The van der Waals surface area contributed by atoms with E-state index in [4.69, 9.17) is 0 Å². The molecule has 0 atom stereocenters. The molecular weight excluding hydrogens is 110 g/mol. The van der Waals surface area contributed by atoms with Crippen LogP contribution in [0.15, 0.2) is 0 Å². The van der Waals surface area contributed by atoms with Crippen LogP contribution in [0.1, 0.15) is 13.8 Å². The Morgan fingerprint density at radius 1 is 1.25 bits per heavy atom. The Labute approximate surface area is 47.9 Å². The molecule has 0 unspecified atom stereocenters. The lowest BCUT2D eigenvalue weighted by molar-refractivity contribution is -0.980. The van der Waals surface area contributed by atoms with E-state index < -0.39 is 0 Å². The number of hydrogen-bond acceptors (Lipinski definition) is 3. The molecule has 4 nitrogen and oxygen atoms in total. The average molecular weight is 120 g/mol. The van der Waals surface area contributed by atoms with Crippen LogP contribution >= 0.6 is 0 Å². The summed E-state index contributed by atoms with van der Waals surface area (Å²) in [6.45, 7) is 4.10. The van der Waals surface area contributed by atoms with Gasteiger partial charge in [0.15, 0.2) is 13.2 Å². The highest BCUT2D eigenvalue weighted by Crippen LogP contribution is 1.77. The van der Waals surface area contributed by atoms with Crippen molar-refractivity contribution in [2.24, 2.45) is 0 Å². The van der Waals surface area contributed by atoms with Crippen molar-refractivity contribution in [1.82, 2.24) is 0 Å². The maximum absolute atomic E-state index is 10.1. The Morgan fingerprint density at radius 2 is 1.62 bits per heavy atom. The molecule has 0 heterocycles. The molecule has 0 saturated heterocycles. The summed E-state index contributed by atoms with van der Waals surface area (Å²) in [5, 5.41) is 0.111. The number of rotatable bonds is 4. The van der Waals surface area contributed by atoms with Gasteiger partial charge in [-0.2, -0.15) is 9.68 Å². The fourth-order valence-electron chi connectivity index (χ4n) is 0.248. The van der Waals surface area contributed by atoms with Gasteiger partial charge in [-0.3, -0.25) is 0 Å². The molecule has 0 radical (unpaired) electrons.